The third kappa shape index (κ3) is 3.64. The largest absolute Gasteiger partial charge is 0.388 e. The van der Waals surface area contributed by atoms with Gasteiger partial charge in [0.15, 0.2) is 0 Å². The van der Waals surface area contributed by atoms with E-state index in [9.17, 15) is 5.11 Å². The predicted octanol–water partition coefficient (Wildman–Crippen LogP) is 5.31. The van der Waals surface area contributed by atoms with E-state index < -0.39 is 6.10 Å². The Labute approximate surface area is 129 Å². The first kappa shape index (κ1) is 13.7. The minimum atomic E-state index is -0.487. The molecule has 0 saturated carbocycles. The van der Waals surface area contributed by atoms with Gasteiger partial charge >= 0.3 is 0 Å². The molecule has 0 aliphatic carbocycles. The van der Waals surface area contributed by atoms with Gasteiger partial charge in [0.05, 0.1) is 6.10 Å². The number of aliphatic hydroxyl groups is 1. The van der Waals surface area contributed by atoms with Gasteiger partial charge in [-0.05, 0) is 51.1 Å². The van der Waals surface area contributed by atoms with E-state index in [1.165, 1.54) is 0 Å². The summed E-state index contributed by atoms with van der Waals surface area (Å²) in [5.41, 5.74) is 0.909. The molecule has 1 aromatic carbocycles. The van der Waals surface area contributed by atoms with Gasteiger partial charge in [-0.15, -0.1) is 11.3 Å². The average Bonchev–Trinajstić information content (AvgIpc) is 2.63. The van der Waals surface area contributed by atoms with Gasteiger partial charge in [-0.2, -0.15) is 0 Å². The van der Waals surface area contributed by atoms with Crippen molar-refractivity contribution in [2.24, 2.45) is 0 Å². The molecule has 0 amide bonds. The number of halogens is 3. The van der Waals surface area contributed by atoms with E-state index >= 15 is 0 Å². The molecule has 0 spiro atoms. The normalized spacial score (nSPS) is 12.7. The molecule has 0 aliphatic rings. The first-order valence-electron chi connectivity index (χ1n) is 4.92. The fourth-order valence-electron chi connectivity index (χ4n) is 1.53. The number of hydrogen-bond donors (Lipinski definition) is 1. The molecule has 0 aliphatic heterocycles. The van der Waals surface area contributed by atoms with E-state index in [0.29, 0.717) is 6.42 Å². The van der Waals surface area contributed by atoms with E-state index in [-0.39, 0.29) is 0 Å². The Morgan fingerprint density at radius 3 is 2.29 bits per heavy atom. The summed E-state index contributed by atoms with van der Waals surface area (Å²) < 4.78 is 2.99. The SMILES string of the molecule is OC(Cc1sccc1Br)c1cc(Br)cc(Br)c1. The minimum absolute atomic E-state index is 0.487. The van der Waals surface area contributed by atoms with Crippen LogP contribution in [0.4, 0.5) is 0 Å². The Bertz CT molecular complexity index is 504. The molecule has 0 fully saturated rings. The van der Waals surface area contributed by atoms with Gasteiger partial charge in [-0.1, -0.05) is 31.9 Å². The van der Waals surface area contributed by atoms with E-state index in [1.54, 1.807) is 11.3 Å². The zero-order valence-corrected chi connectivity index (χ0v) is 14.2. The minimum Gasteiger partial charge on any atom is -0.388 e. The predicted molar refractivity (Wildman–Crippen MR) is 82.5 cm³/mol. The topological polar surface area (TPSA) is 20.2 Å². The first-order valence-corrected chi connectivity index (χ1v) is 8.18. The maximum Gasteiger partial charge on any atom is 0.0839 e. The van der Waals surface area contributed by atoms with Gasteiger partial charge in [0, 0.05) is 24.7 Å². The van der Waals surface area contributed by atoms with E-state index in [0.717, 1.165) is 23.9 Å². The molecule has 1 nitrogen and oxygen atoms in total. The van der Waals surface area contributed by atoms with Gasteiger partial charge in [0.1, 0.15) is 0 Å². The maximum absolute atomic E-state index is 10.2. The fourth-order valence-corrected chi connectivity index (χ4v) is 4.41. The number of hydrogen-bond acceptors (Lipinski definition) is 2. The third-order valence-corrected chi connectivity index (χ3v) is 5.20. The van der Waals surface area contributed by atoms with Gasteiger partial charge in [-0.3, -0.25) is 0 Å². The van der Waals surface area contributed by atoms with Crippen molar-refractivity contribution in [1.29, 1.82) is 0 Å². The smallest absolute Gasteiger partial charge is 0.0839 e. The summed E-state index contributed by atoms with van der Waals surface area (Å²) >= 11 is 12.0. The number of thiophene rings is 1. The quantitative estimate of drug-likeness (QED) is 0.685. The summed E-state index contributed by atoms with van der Waals surface area (Å²) in [6.07, 6.45) is 0.139. The lowest BCUT2D eigenvalue weighted by atomic mass is 10.1. The van der Waals surface area contributed by atoms with Crippen LogP contribution in [0, 0.1) is 0 Å². The molecule has 0 bridgehead atoms. The standard InChI is InChI=1S/C12H9Br3OS/c13-8-3-7(4-9(14)5-8)11(16)6-12-10(15)1-2-17-12/h1-5,11,16H,6H2. The molecule has 5 heteroatoms. The van der Waals surface area contributed by atoms with Gasteiger partial charge in [0.2, 0.25) is 0 Å². The molecule has 1 atom stereocenters. The molecule has 1 N–H and O–H groups in total. The second kappa shape index (κ2) is 5.97. The molecule has 0 radical (unpaired) electrons. The summed E-state index contributed by atoms with van der Waals surface area (Å²) in [5, 5.41) is 12.2. The van der Waals surface area contributed by atoms with Crippen molar-refractivity contribution in [1.82, 2.24) is 0 Å². The van der Waals surface area contributed by atoms with Crippen molar-refractivity contribution in [2.45, 2.75) is 12.5 Å². The van der Waals surface area contributed by atoms with Crippen LogP contribution in [0.1, 0.15) is 16.5 Å². The number of aliphatic hydroxyl groups excluding tert-OH is 1. The summed E-state index contributed by atoms with van der Waals surface area (Å²) in [6, 6.07) is 7.84. The lowest BCUT2D eigenvalue weighted by Crippen LogP contribution is -2.01. The lowest BCUT2D eigenvalue weighted by molar-refractivity contribution is 0.179. The first-order chi connectivity index (χ1) is 8.06. The molecular formula is C12H9Br3OS. The maximum atomic E-state index is 10.2. The number of benzene rings is 1. The van der Waals surface area contributed by atoms with Crippen LogP contribution in [-0.2, 0) is 6.42 Å². The summed E-state index contributed by atoms with van der Waals surface area (Å²) in [6.45, 7) is 0. The van der Waals surface area contributed by atoms with E-state index in [1.807, 2.05) is 29.6 Å². The van der Waals surface area contributed by atoms with E-state index in [4.69, 9.17) is 0 Å². The monoisotopic (exact) mass is 438 g/mol. The Morgan fingerprint density at radius 2 is 1.76 bits per heavy atom. The fraction of sp³-hybridized carbons (Fsp3) is 0.167. The van der Waals surface area contributed by atoms with Crippen LogP contribution in [0.15, 0.2) is 43.1 Å². The van der Waals surface area contributed by atoms with Gasteiger partial charge in [0.25, 0.3) is 0 Å². The molecule has 0 saturated heterocycles. The average molecular weight is 441 g/mol. The molecule has 90 valence electrons. The highest BCUT2D eigenvalue weighted by Gasteiger charge is 2.12. The van der Waals surface area contributed by atoms with Crippen LogP contribution in [0.5, 0.6) is 0 Å². The highest BCUT2D eigenvalue weighted by Crippen LogP contribution is 2.30. The van der Waals surface area contributed by atoms with Crippen molar-refractivity contribution in [3.05, 3.63) is 53.5 Å². The molecular weight excluding hydrogens is 432 g/mol. The summed E-state index contributed by atoms with van der Waals surface area (Å²) in [5.74, 6) is 0. The Balaban J connectivity index is 2.20. The molecule has 1 aromatic heterocycles. The number of rotatable bonds is 3. The van der Waals surface area contributed by atoms with Crippen LogP contribution >= 0.6 is 59.1 Å². The van der Waals surface area contributed by atoms with Gasteiger partial charge in [-0.25, -0.2) is 0 Å². The second-order valence-corrected chi connectivity index (χ2v) is 7.30. The summed E-state index contributed by atoms with van der Waals surface area (Å²) in [7, 11) is 0. The van der Waals surface area contributed by atoms with Crippen LogP contribution < -0.4 is 0 Å². The third-order valence-electron chi connectivity index (χ3n) is 2.34. The van der Waals surface area contributed by atoms with Crippen molar-refractivity contribution in [2.75, 3.05) is 0 Å². The molecule has 1 unspecified atom stereocenters. The van der Waals surface area contributed by atoms with Crippen LogP contribution in [0.25, 0.3) is 0 Å². The molecule has 17 heavy (non-hydrogen) atoms. The Kier molecular flexibility index (Phi) is 4.83. The van der Waals surface area contributed by atoms with Crippen LogP contribution in [-0.4, -0.2) is 5.11 Å². The second-order valence-electron chi connectivity index (χ2n) is 3.61. The van der Waals surface area contributed by atoms with Crippen LogP contribution in [0.3, 0.4) is 0 Å². The van der Waals surface area contributed by atoms with Crippen LogP contribution in [0.2, 0.25) is 0 Å². The van der Waals surface area contributed by atoms with Crippen molar-refractivity contribution in [3.63, 3.8) is 0 Å². The van der Waals surface area contributed by atoms with Crippen molar-refractivity contribution in [3.8, 4) is 0 Å². The molecule has 2 rings (SSSR count). The molecule has 2 aromatic rings. The lowest BCUT2D eigenvalue weighted by Gasteiger charge is -2.11. The van der Waals surface area contributed by atoms with Gasteiger partial charge < -0.3 is 5.11 Å². The Hall–Kier alpha value is 0.320. The summed E-state index contributed by atoms with van der Waals surface area (Å²) in [4.78, 5) is 1.16. The zero-order valence-electron chi connectivity index (χ0n) is 8.66. The van der Waals surface area contributed by atoms with E-state index in [2.05, 4.69) is 47.8 Å². The van der Waals surface area contributed by atoms with Crippen molar-refractivity contribution >= 4 is 59.1 Å². The van der Waals surface area contributed by atoms with Crippen molar-refractivity contribution < 1.29 is 5.11 Å². The zero-order chi connectivity index (χ0) is 12.4. The Morgan fingerprint density at radius 1 is 1.12 bits per heavy atom. The highest BCUT2D eigenvalue weighted by atomic mass is 79.9. The molecule has 1 heterocycles. The highest BCUT2D eigenvalue weighted by molar-refractivity contribution is 9.11.